The van der Waals surface area contributed by atoms with Gasteiger partial charge in [0.15, 0.2) is 0 Å². The van der Waals surface area contributed by atoms with Gasteiger partial charge in [0.1, 0.15) is 6.61 Å². The third-order valence-corrected chi connectivity index (χ3v) is 3.69. The fourth-order valence-electron chi connectivity index (χ4n) is 2.28. The van der Waals surface area contributed by atoms with E-state index < -0.39 is 0 Å². The molecule has 6 nitrogen and oxygen atoms in total. The summed E-state index contributed by atoms with van der Waals surface area (Å²) >= 11 is 0. The first kappa shape index (κ1) is 16.9. The molecule has 0 aliphatic carbocycles. The second-order valence-corrected chi connectivity index (χ2v) is 5.17. The SMILES string of the molecule is CCCCNC(=O)C(C)N1CCN(C(=O)COC)CC1. The second-order valence-electron chi connectivity index (χ2n) is 5.17. The lowest BCUT2D eigenvalue weighted by molar-refractivity contribution is -0.137. The number of carbonyl (C=O) groups is 2. The minimum absolute atomic E-state index is 0.0206. The van der Waals surface area contributed by atoms with Crippen LogP contribution in [0.5, 0.6) is 0 Å². The van der Waals surface area contributed by atoms with Crippen molar-refractivity contribution in [2.45, 2.75) is 32.7 Å². The summed E-state index contributed by atoms with van der Waals surface area (Å²) in [7, 11) is 1.52. The summed E-state index contributed by atoms with van der Waals surface area (Å²) in [6.45, 7) is 7.69. The molecule has 1 heterocycles. The summed E-state index contributed by atoms with van der Waals surface area (Å²) in [6.07, 6.45) is 2.09. The van der Waals surface area contributed by atoms with E-state index in [9.17, 15) is 9.59 Å². The Kier molecular flexibility index (Phi) is 7.54. The quantitative estimate of drug-likeness (QED) is 0.673. The number of rotatable bonds is 7. The topological polar surface area (TPSA) is 61.9 Å². The molecule has 2 amide bonds. The molecule has 1 aliphatic rings. The average molecular weight is 285 g/mol. The third kappa shape index (κ3) is 5.09. The van der Waals surface area contributed by atoms with E-state index in [0.29, 0.717) is 13.1 Å². The molecule has 0 saturated carbocycles. The Labute approximate surface area is 121 Å². The molecule has 0 spiro atoms. The largest absolute Gasteiger partial charge is 0.375 e. The molecular weight excluding hydrogens is 258 g/mol. The van der Waals surface area contributed by atoms with Gasteiger partial charge in [-0.3, -0.25) is 14.5 Å². The molecule has 0 bridgehead atoms. The fourth-order valence-corrected chi connectivity index (χ4v) is 2.28. The first-order valence-electron chi connectivity index (χ1n) is 7.38. The van der Waals surface area contributed by atoms with Crippen LogP contribution in [-0.2, 0) is 14.3 Å². The smallest absolute Gasteiger partial charge is 0.248 e. The highest BCUT2D eigenvalue weighted by Crippen LogP contribution is 2.07. The summed E-state index contributed by atoms with van der Waals surface area (Å²) in [5, 5.41) is 2.95. The van der Waals surface area contributed by atoms with Crippen molar-refractivity contribution in [3.05, 3.63) is 0 Å². The van der Waals surface area contributed by atoms with Gasteiger partial charge in [-0.2, -0.15) is 0 Å². The van der Waals surface area contributed by atoms with Crippen LogP contribution in [0.3, 0.4) is 0 Å². The summed E-state index contributed by atoms with van der Waals surface area (Å²) in [5.41, 5.74) is 0. The van der Waals surface area contributed by atoms with Crippen molar-refractivity contribution >= 4 is 11.8 Å². The minimum Gasteiger partial charge on any atom is -0.375 e. The highest BCUT2D eigenvalue weighted by atomic mass is 16.5. The number of hydrogen-bond acceptors (Lipinski definition) is 4. The summed E-state index contributed by atoms with van der Waals surface area (Å²) in [4.78, 5) is 27.6. The number of amides is 2. The van der Waals surface area contributed by atoms with Gasteiger partial charge in [0.25, 0.3) is 0 Å². The van der Waals surface area contributed by atoms with Crippen LogP contribution in [0.15, 0.2) is 0 Å². The number of unbranched alkanes of at least 4 members (excludes halogenated alkanes) is 1. The highest BCUT2D eigenvalue weighted by Gasteiger charge is 2.26. The maximum Gasteiger partial charge on any atom is 0.248 e. The Bertz CT molecular complexity index is 315. The zero-order valence-corrected chi connectivity index (χ0v) is 12.9. The molecule has 0 aromatic rings. The second kappa shape index (κ2) is 8.92. The molecule has 0 aromatic heterocycles. The predicted octanol–water partition coefficient (Wildman–Crippen LogP) is 0.0818. The lowest BCUT2D eigenvalue weighted by Crippen LogP contribution is -2.55. The maximum absolute atomic E-state index is 12.0. The number of carbonyl (C=O) groups excluding carboxylic acids is 2. The first-order chi connectivity index (χ1) is 9.60. The van der Waals surface area contributed by atoms with Gasteiger partial charge in [-0.15, -0.1) is 0 Å². The summed E-state index contributed by atoms with van der Waals surface area (Å²) < 4.78 is 4.86. The molecular formula is C14H27N3O3. The molecule has 1 N–H and O–H groups in total. The van der Waals surface area contributed by atoms with Gasteiger partial charge in [-0.05, 0) is 13.3 Å². The number of methoxy groups -OCH3 is 1. The number of nitrogens with zero attached hydrogens (tertiary/aromatic N) is 2. The average Bonchev–Trinajstić information content (AvgIpc) is 2.47. The lowest BCUT2D eigenvalue weighted by Gasteiger charge is -2.37. The van der Waals surface area contributed by atoms with Gasteiger partial charge in [-0.25, -0.2) is 0 Å². The molecule has 1 fully saturated rings. The zero-order chi connectivity index (χ0) is 15.0. The standard InChI is InChI=1S/C14H27N3O3/c1-4-5-6-15-14(19)12(2)16-7-9-17(10-8-16)13(18)11-20-3/h12H,4-11H2,1-3H3,(H,15,19). The molecule has 1 unspecified atom stereocenters. The monoisotopic (exact) mass is 285 g/mol. The van der Waals surface area contributed by atoms with Gasteiger partial charge >= 0.3 is 0 Å². The summed E-state index contributed by atoms with van der Waals surface area (Å²) in [6, 6.07) is -0.133. The van der Waals surface area contributed by atoms with Gasteiger partial charge < -0.3 is 15.0 Å². The van der Waals surface area contributed by atoms with Crippen LogP contribution < -0.4 is 5.32 Å². The van der Waals surface area contributed by atoms with E-state index in [1.807, 2.05) is 6.92 Å². The maximum atomic E-state index is 12.0. The molecule has 20 heavy (non-hydrogen) atoms. The Hall–Kier alpha value is -1.14. The predicted molar refractivity (Wildman–Crippen MR) is 77.4 cm³/mol. The van der Waals surface area contributed by atoms with Crippen molar-refractivity contribution in [1.29, 1.82) is 0 Å². The Morgan fingerprint density at radius 2 is 1.90 bits per heavy atom. The van der Waals surface area contributed by atoms with E-state index in [-0.39, 0.29) is 24.5 Å². The van der Waals surface area contributed by atoms with E-state index in [1.54, 1.807) is 4.90 Å². The van der Waals surface area contributed by atoms with E-state index in [1.165, 1.54) is 7.11 Å². The van der Waals surface area contributed by atoms with Crippen molar-refractivity contribution in [1.82, 2.24) is 15.1 Å². The van der Waals surface area contributed by atoms with E-state index >= 15 is 0 Å². The molecule has 6 heteroatoms. The number of hydrogen-bond donors (Lipinski definition) is 1. The molecule has 1 rings (SSSR count). The van der Waals surface area contributed by atoms with Gasteiger partial charge in [-0.1, -0.05) is 13.3 Å². The van der Waals surface area contributed by atoms with Crippen LogP contribution >= 0.6 is 0 Å². The molecule has 1 saturated heterocycles. The lowest BCUT2D eigenvalue weighted by atomic mass is 10.2. The van der Waals surface area contributed by atoms with E-state index in [2.05, 4.69) is 17.1 Å². The Morgan fingerprint density at radius 1 is 1.25 bits per heavy atom. The molecule has 116 valence electrons. The zero-order valence-electron chi connectivity index (χ0n) is 12.9. The van der Waals surface area contributed by atoms with Crippen molar-refractivity contribution in [3.8, 4) is 0 Å². The fraction of sp³-hybridized carbons (Fsp3) is 0.857. The first-order valence-corrected chi connectivity index (χ1v) is 7.38. The van der Waals surface area contributed by atoms with Crippen molar-refractivity contribution in [2.75, 3.05) is 46.4 Å². The van der Waals surface area contributed by atoms with Gasteiger partial charge in [0, 0.05) is 39.8 Å². The van der Waals surface area contributed by atoms with Gasteiger partial charge in [0.05, 0.1) is 6.04 Å². The van der Waals surface area contributed by atoms with Crippen molar-refractivity contribution < 1.29 is 14.3 Å². The van der Waals surface area contributed by atoms with Crippen LogP contribution in [0.4, 0.5) is 0 Å². The summed E-state index contributed by atoms with van der Waals surface area (Å²) in [5.74, 6) is 0.0994. The highest BCUT2D eigenvalue weighted by molar-refractivity contribution is 5.81. The van der Waals surface area contributed by atoms with Crippen molar-refractivity contribution in [3.63, 3.8) is 0 Å². The normalized spacial score (nSPS) is 17.9. The Balaban J connectivity index is 2.33. The van der Waals surface area contributed by atoms with Crippen LogP contribution in [-0.4, -0.2) is 74.1 Å². The molecule has 1 aliphatic heterocycles. The van der Waals surface area contributed by atoms with Crippen LogP contribution in [0.25, 0.3) is 0 Å². The third-order valence-electron chi connectivity index (χ3n) is 3.69. The van der Waals surface area contributed by atoms with Gasteiger partial charge in [0.2, 0.25) is 11.8 Å². The Morgan fingerprint density at radius 3 is 2.45 bits per heavy atom. The number of nitrogens with one attached hydrogen (secondary N) is 1. The molecule has 1 atom stereocenters. The molecule has 0 aromatic carbocycles. The van der Waals surface area contributed by atoms with Crippen LogP contribution in [0, 0.1) is 0 Å². The molecule has 0 radical (unpaired) electrons. The number of piperazine rings is 1. The van der Waals surface area contributed by atoms with Crippen molar-refractivity contribution in [2.24, 2.45) is 0 Å². The van der Waals surface area contributed by atoms with E-state index in [0.717, 1.165) is 32.5 Å². The minimum atomic E-state index is -0.133. The van der Waals surface area contributed by atoms with Crippen LogP contribution in [0.2, 0.25) is 0 Å². The van der Waals surface area contributed by atoms with E-state index in [4.69, 9.17) is 4.74 Å². The van der Waals surface area contributed by atoms with Crippen LogP contribution in [0.1, 0.15) is 26.7 Å². The number of ether oxygens (including phenoxy) is 1.